The van der Waals surface area contributed by atoms with E-state index in [-0.39, 0.29) is 18.5 Å². The summed E-state index contributed by atoms with van der Waals surface area (Å²) in [6.07, 6.45) is 1.99. The molecule has 9 heteroatoms. The maximum atomic E-state index is 13.2. The summed E-state index contributed by atoms with van der Waals surface area (Å²) >= 11 is 1.57. The van der Waals surface area contributed by atoms with Gasteiger partial charge >= 0.3 is 5.69 Å². The molecule has 1 aromatic carbocycles. The summed E-state index contributed by atoms with van der Waals surface area (Å²) in [6, 6.07) is 8.76. The van der Waals surface area contributed by atoms with E-state index in [0.29, 0.717) is 24.5 Å². The molecule has 2 aromatic heterocycles. The molecule has 3 heterocycles. The van der Waals surface area contributed by atoms with Crippen molar-refractivity contribution in [3.05, 3.63) is 78.8 Å². The number of benzene rings is 1. The third-order valence-electron chi connectivity index (χ3n) is 5.21. The number of aromatic nitrogens is 2. The van der Waals surface area contributed by atoms with Crippen LogP contribution in [0.2, 0.25) is 0 Å². The van der Waals surface area contributed by atoms with E-state index < -0.39 is 11.2 Å². The molecule has 156 valence electrons. The van der Waals surface area contributed by atoms with E-state index in [4.69, 9.17) is 9.47 Å². The Morgan fingerprint density at radius 1 is 1.20 bits per heavy atom. The van der Waals surface area contributed by atoms with Crippen LogP contribution in [0.25, 0.3) is 0 Å². The largest absolute Gasteiger partial charge is 0.493 e. The van der Waals surface area contributed by atoms with Crippen LogP contribution >= 0.6 is 11.3 Å². The van der Waals surface area contributed by atoms with Crippen molar-refractivity contribution in [2.75, 3.05) is 20.8 Å². The quantitative estimate of drug-likeness (QED) is 0.670. The van der Waals surface area contributed by atoms with Crippen molar-refractivity contribution in [3.63, 3.8) is 0 Å². The van der Waals surface area contributed by atoms with Crippen LogP contribution in [-0.2, 0) is 17.8 Å². The van der Waals surface area contributed by atoms with Crippen LogP contribution in [0.4, 0.5) is 0 Å². The van der Waals surface area contributed by atoms with E-state index in [1.807, 2.05) is 29.6 Å². The van der Waals surface area contributed by atoms with Crippen LogP contribution in [0.1, 0.15) is 22.0 Å². The lowest BCUT2D eigenvalue weighted by Gasteiger charge is -2.37. The fraction of sp³-hybridized carbons (Fsp3) is 0.286. The Bertz CT molecular complexity index is 1180. The van der Waals surface area contributed by atoms with E-state index in [1.165, 1.54) is 16.8 Å². The molecule has 0 saturated carbocycles. The molecule has 0 radical (unpaired) electrons. The third-order valence-corrected chi connectivity index (χ3v) is 6.13. The zero-order chi connectivity index (χ0) is 21.3. The van der Waals surface area contributed by atoms with Crippen LogP contribution < -0.4 is 20.7 Å². The molecule has 0 saturated heterocycles. The van der Waals surface area contributed by atoms with Gasteiger partial charge in [0.25, 0.3) is 5.56 Å². The number of amides is 1. The van der Waals surface area contributed by atoms with Gasteiger partial charge in [-0.3, -0.25) is 19.1 Å². The zero-order valence-corrected chi connectivity index (χ0v) is 17.4. The summed E-state index contributed by atoms with van der Waals surface area (Å²) in [4.78, 5) is 41.5. The summed E-state index contributed by atoms with van der Waals surface area (Å²) in [5.74, 6) is 1.05. The number of hydrogen-bond donors (Lipinski definition) is 1. The van der Waals surface area contributed by atoms with E-state index in [0.717, 1.165) is 16.0 Å². The van der Waals surface area contributed by atoms with Crippen molar-refractivity contribution in [3.8, 4) is 11.5 Å². The van der Waals surface area contributed by atoms with E-state index in [9.17, 15) is 14.4 Å². The van der Waals surface area contributed by atoms with Gasteiger partial charge in [0.1, 0.15) is 6.54 Å². The Balaban J connectivity index is 1.74. The zero-order valence-electron chi connectivity index (χ0n) is 16.6. The second-order valence-electron chi connectivity index (χ2n) is 6.90. The van der Waals surface area contributed by atoms with Gasteiger partial charge in [0, 0.05) is 23.7 Å². The molecule has 1 N–H and O–H groups in total. The molecule has 1 atom stereocenters. The lowest BCUT2D eigenvalue weighted by atomic mass is 9.90. The number of nitrogens with one attached hydrogen (secondary N) is 1. The maximum Gasteiger partial charge on any atom is 0.328 e. The lowest BCUT2D eigenvalue weighted by molar-refractivity contribution is -0.134. The molecule has 1 unspecified atom stereocenters. The van der Waals surface area contributed by atoms with Crippen molar-refractivity contribution in [2.24, 2.45) is 0 Å². The highest BCUT2D eigenvalue weighted by atomic mass is 32.1. The van der Waals surface area contributed by atoms with Gasteiger partial charge in [-0.1, -0.05) is 6.07 Å². The molecule has 4 rings (SSSR count). The van der Waals surface area contributed by atoms with Crippen molar-refractivity contribution >= 4 is 17.2 Å². The third kappa shape index (κ3) is 3.63. The Labute approximate surface area is 176 Å². The number of H-pyrrole nitrogens is 1. The smallest absolute Gasteiger partial charge is 0.328 e. The second kappa shape index (κ2) is 8.19. The van der Waals surface area contributed by atoms with Gasteiger partial charge in [-0.2, -0.15) is 0 Å². The highest BCUT2D eigenvalue weighted by Crippen LogP contribution is 2.42. The molecule has 1 amide bonds. The van der Waals surface area contributed by atoms with Crippen LogP contribution in [0.3, 0.4) is 0 Å². The van der Waals surface area contributed by atoms with Gasteiger partial charge in [0.05, 0.1) is 20.3 Å². The van der Waals surface area contributed by atoms with Crippen molar-refractivity contribution in [2.45, 2.75) is 19.0 Å². The normalized spacial score (nSPS) is 15.5. The van der Waals surface area contributed by atoms with Gasteiger partial charge < -0.3 is 14.4 Å². The van der Waals surface area contributed by atoms with E-state index in [2.05, 4.69) is 4.98 Å². The minimum absolute atomic E-state index is 0.153. The summed E-state index contributed by atoms with van der Waals surface area (Å²) in [5, 5.41) is 1.97. The fourth-order valence-electron chi connectivity index (χ4n) is 3.77. The first-order chi connectivity index (χ1) is 14.5. The van der Waals surface area contributed by atoms with Crippen molar-refractivity contribution < 1.29 is 14.3 Å². The van der Waals surface area contributed by atoms with Crippen LogP contribution in [0, 0.1) is 0 Å². The molecule has 1 aliphatic rings. The molecule has 8 nitrogen and oxygen atoms in total. The Kier molecular flexibility index (Phi) is 5.45. The number of fused-ring (bicyclic) bond motifs is 1. The molecule has 0 spiro atoms. The first-order valence-corrected chi connectivity index (χ1v) is 10.3. The number of methoxy groups -OCH3 is 2. The SMILES string of the molecule is COc1cc2c(cc1OC)C(c1cccs1)N(C(=O)Cn1ccc(=O)[nH]c1=O)CC2. The Hall–Kier alpha value is -3.33. The van der Waals surface area contributed by atoms with Crippen LogP contribution in [0.5, 0.6) is 11.5 Å². The van der Waals surface area contributed by atoms with Crippen LogP contribution in [-0.4, -0.2) is 41.1 Å². The van der Waals surface area contributed by atoms with Crippen molar-refractivity contribution in [1.29, 1.82) is 0 Å². The van der Waals surface area contributed by atoms with E-state index >= 15 is 0 Å². The number of hydrogen-bond acceptors (Lipinski definition) is 6. The predicted molar refractivity (Wildman–Crippen MR) is 112 cm³/mol. The first kappa shape index (κ1) is 20.0. The average molecular weight is 427 g/mol. The number of aromatic amines is 1. The summed E-state index contributed by atoms with van der Waals surface area (Å²) in [5.41, 5.74) is 0.972. The molecule has 0 aliphatic carbocycles. The molecule has 0 fully saturated rings. The highest BCUT2D eigenvalue weighted by molar-refractivity contribution is 7.10. The molecular formula is C21H21N3O5S. The first-order valence-electron chi connectivity index (χ1n) is 9.39. The topological polar surface area (TPSA) is 93.6 Å². The number of ether oxygens (including phenoxy) is 2. The molecule has 1 aliphatic heterocycles. The Morgan fingerprint density at radius 3 is 2.63 bits per heavy atom. The molecular weight excluding hydrogens is 406 g/mol. The summed E-state index contributed by atoms with van der Waals surface area (Å²) in [7, 11) is 3.18. The highest BCUT2D eigenvalue weighted by Gasteiger charge is 2.34. The minimum atomic E-state index is -0.604. The van der Waals surface area contributed by atoms with Crippen molar-refractivity contribution in [1.82, 2.24) is 14.5 Å². The predicted octanol–water partition coefficient (Wildman–Crippen LogP) is 1.79. The molecule has 3 aromatic rings. The van der Waals surface area contributed by atoms with E-state index in [1.54, 1.807) is 30.5 Å². The average Bonchev–Trinajstić information content (AvgIpc) is 3.28. The van der Waals surface area contributed by atoms with Gasteiger partial charge in [-0.15, -0.1) is 11.3 Å². The standard InChI is InChI=1S/C21H21N3O5S/c1-28-15-10-13-5-8-24(19(26)12-23-7-6-18(25)22-21(23)27)20(17-4-3-9-30-17)14(13)11-16(15)29-2/h3-4,6-7,9-11,20H,5,8,12H2,1-2H3,(H,22,25,27). The second-order valence-corrected chi connectivity index (χ2v) is 7.88. The lowest BCUT2D eigenvalue weighted by Crippen LogP contribution is -2.43. The summed E-state index contributed by atoms with van der Waals surface area (Å²) < 4.78 is 12.1. The van der Waals surface area contributed by atoms with Gasteiger partial charge in [0.2, 0.25) is 5.91 Å². The number of nitrogens with zero attached hydrogens (tertiary/aromatic N) is 2. The van der Waals surface area contributed by atoms with Gasteiger partial charge in [0.15, 0.2) is 11.5 Å². The number of carbonyl (C=O) groups excluding carboxylic acids is 1. The fourth-order valence-corrected chi connectivity index (χ4v) is 4.63. The number of rotatable bonds is 5. The number of thiophene rings is 1. The van der Waals surface area contributed by atoms with Gasteiger partial charge in [-0.25, -0.2) is 4.79 Å². The minimum Gasteiger partial charge on any atom is -0.493 e. The Morgan fingerprint density at radius 2 is 1.97 bits per heavy atom. The maximum absolute atomic E-state index is 13.2. The molecule has 30 heavy (non-hydrogen) atoms. The molecule has 0 bridgehead atoms. The number of carbonyl (C=O) groups is 1. The summed E-state index contributed by atoms with van der Waals surface area (Å²) in [6.45, 7) is 0.349. The monoisotopic (exact) mass is 427 g/mol. The van der Waals surface area contributed by atoms with Crippen LogP contribution in [0.15, 0.2) is 51.5 Å². The van der Waals surface area contributed by atoms with Gasteiger partial charge in [-0.05, 0) is 41.1 Å².